The average Bonchev–Trinajstić information content (AvgIpc) is 2.31. The maximum atomic E-state index is 3.80. The molecule has 1 fully saturated rings. The van der Waals surface area contributed by atoms with Crippen LogP contribution in [0.4, 0.5) is 0 Å². The van der Waals surface area contributed by atoms with Crippen molar-refractivity contribution < 1.29 is 0 Å². The zero-order valence-electron chi connectivity index (χ0n) is 9.08. The van der Waals surface area contributed by atoms with Crippen molar-refractivity contribution in [2.45, 2.75) is 6.54 Å². The van der Waals surface area contributed by atoms with Crippen LogP contribution in [0.25, 0.3) is 6.08 Å². The highest BCUT2D eigenvalue weighted by molar-refractivity contribution is 5.47. The van der Waals surface area contributed by atoms with Crippen molar-refractivity contribution in [1.82, 2.24) is 10.2 Å². The van der Waals surface area contributed by atoms with Gasteiger partial charge in [0, 0.05) is 32.7 Å². The van der Waals surface area contributed by atoms with Crippen molar-refractivity contribution >= 4 is 6.08 Å². The summed E-state index contributed by atoms with van der Waals surface area (Å²) >= 11 is 0. The molecule has 0 atom stereocenters. The molecule has 0 saturated carbocycles. The minimum atomic E-state index is 1.06. The van der Waals surface area contributed by atoms with Crippen molar-refractivity contribution in [2.24, 2.45) is 0 Å². The Morgan fingerprint density at radius 1 is 1.33 bits per heavy atom. The van der Waals surface area contributed by atoms with Crippen molar-refractivity contribution in [3.63, 3.8) is 0 Å². The van der Waals surface area contributed by atoms with Gasteiger partial charge in [-0.15, -0.1) is 0 Å². The van der Waals surface area contributed by atoms with Crippen LogP contribution in [0.1, 0.15) is 11.1 Å². The van der Waals surface area contributed by atoms with Crippen LogP contribution < -0.4 is 5.32 Å². The Kier molecular flexibility index (Phi) is 3.54. The molecule has 0 spiro atoms. The highest BCUT2D eigenvalue weighted by Crippen LogP contribution is 2.09. The summed E-state index contributed by atoms with van der Waals surface area (Å²) in [6, 6.07) is 8.60. The van der Waals surface area contributed by atoms with Crippen LogP contribution in [0.3, 0.4) is 0 Å². The van der Waals surface area contributed by atoms with Gasteiger partial charge in [-0.05, 0) is 11.1 Å². The van der Waals surface area contributed by atoms with Crippen LogP contribution >= 0.6 is 0 Å². The van der Waals surface area contributed by atoms with Gasteiger partial charge in [0.1, 0.15) is 0 Å². The van der Waals surface area contributed by atoms with Gasteiger partial charge in [0.2, 0.25) is 0 Å². The fourth-order valence-electron chi connectivity index (χ4n) is 1.95. The van der Waals surface area contributed by atoms with Crippen molar-refractivity contribution in [3.05, 3.63) is 42.0 Å². The molecule has 1 aliphatic heterocycles. The van der Waals surface area contributed by atoms with E-state index in [-0.39, 0.29) is 0 Å². The maximum Gasteiger partial charge on any atom is 0.0235 e. The molecule has 0 aromatic heterocycles. The molecule has 0 amide bonds. The zero-order valence-corrected chi connectivity index (χ0v) is 9.08. The van der Waals surface area contributed by atoms with E-state index < -0.39 is 0 Å². The normalized spacial score (nSPS) is 17.6. The van der Waals surface area contributed by atoms with E-state index in [0.29, 0.717) is 0 Å². The van der Waals surface area contributed by atoms with Gasteiger partial charge in [-0.25, -0.2) is 0 Å². The van der Waals surface area contributed by atoms with Gasteiger partial charge in [0.05, 0.1) is 0 Å². The fourth-order valence-corrected chi connectivity index (χ4v) is 1.95. The van der Waals surface area contributed by atoms with Crippen LogP contribution in [-0.2, 0) is 6.54 Å². The molecule has 80 valence electrons. The number of nitrogens with zero attached hydrogens (tertiary/aromatic N) is 1. The molecule has 15 heavy (non-hydrogen) atoms. The van der Waals surface area contributed by atoms with Gasteiger partial charge >= 0.3 is 0 Å². The van der Waals surface area contributed by atoms with Crippen LogP contribution in [0.5, 0.6) is 0 Å². The largest absolute Gasteiger partial charge is 0.314 e. The molecule has 1 aromatic carbocycles. The van der Waals surface area contributed by atoms with Crippen molar-refractivity contribution in [2.75, 3.05) is 26.2 Å². The summed E-state index contributed by atoms with van der Waals surface area (Å²) in [7, 11) is 0. The van der Waals surface area contributed by atoms with E-state index in [1.807, 2.05) is 6.08 Å². The SMILES string of the molecule is C=Cc1cccc(CN2CCNCC2)c1. The third kappa shape index (κ3) is 2.91. The lowest BCUT2D eigenvalue weighted by atomic mass is 10.1. The van der Waals surface area contributed by atoms with Crippen molar-refractivity contribution in [1.29, 1.82) is 0 Å². The summed E-state index contributed by atoms with van der Waals surface area (Å²) in [5.74, 6) is 0. The molecule has 1 heterocycles. The van der Waals surface area contributed by atoms with E-state index in [4.69, 9.17) is 0 Å². The van der Waals surface area contributed by atoms with Gasteiger partial charge in [-0.2, -0.15) is 0 Å². The number of nitrogens with one attached hydrogen (secondary N) is 1. The average molecular weight is 202 g/mol. The summed E-state index contributed by atoms with van der Waals surface area (Å²) in [5.41, 5.74) is 2.59. The molecule has 2 rings (SSSR count). The molecule has 1 saturated heterocycles. The highest BCUT2D eigenvalue weighted by Gasteiger charge is 2.09. The molecule has 1 N–H and O–H groups in total. The van der Waals surface area contributed by atoms with Crippen molar-refractivity contribution in [3.8, 4) is 0 Å². The Labute approximate surface area is 91.6 Å². The Hall–Kier alpha value is -1.12. The Bertz CT molecular complexity index is 327. The van der Waals surface area contributed by atoms with Crippen LogP contribution in [0, 0.1) is 0 Å². The monoisotopic (exact) mass is 202 g/mol. The minimum Gasteiger partial charge on any atom is -0.314 e. The molecular formula is C13H18N2. The molecule has 2 nitrogen and oxygen atoms in total. The summed E-state index contributed by atoms with van der Waals surface area (Å²) in [6.45, 7) is 9.38. The zero-order chi connectivity index (χ0) is 10.5. The molecule has 1 aromatic rings. The fraction of sp³-hybridized carbons (Fsp3) is 0.385. The second kappa shape index (κ2) is 5.10. The second-order valence-corrected chi connectivity index (χ2v) is 3.98. The Morgan fingerprint density at radius 2 is 2.13 bits per heavy atom. The third-order valence-corrected chi connectivity index (χ3v) is 2.80. The number of hydrogen-bond donors (Lipinski definition) is 1. The molecule has 1 aliphatic rings. The molecule has 2 heteroatoms. The predicted octanol–water partition coefficient (Wildman–Crippen LogP) is 1.73. The number of hydrogen-bond acceptors (Lipinski definition) is 2. The first-order valence-electron chi connectivity index (χ1n) is 5.53. The van der Waals surface area contributed by atoms with Gasteiger partial charge < -0.3 is 5.32 Å². The number of piperazine rings is 1. The first-order valence-corrected chi connectivity index (χ1v) is 5.53. The van der Waals surface area contributed by atoms with E-state index in [2.05, 4.69) is 41.1 Å². The van der Waals surface area contributed by atoms with Gasteiger partial charge in [-0.3, -0.25) is 4.90 Å². The third-order valence-electron chi connectivity index (χ3n) is 2.80. The van der Waals surface area contributed by atoms with Crippen LogP contribution in [-0.4, -0.2) is 31.1 Å². The maximum absolute atomic E-state index is 3.80. The smallest absolute Gasteiger partial charge is 0.0235 e. The number of rotatable bonds is 3. The lowest BCUT2D eigenvalue weighted by molar-refractivity contribution is 0.233. The van der Waals surface area contributed by atoms with Gasteiger partial charge in [0.25, 0.3) is 0 Å². The van der Waals surface area contributed by atoms with Crippen LogP contribution in [0.15, 0.2) is 30.8 Å². The minimum absolute atomic E-state index is 1.06. The topological polar surface area (TPSA) is 15.3 Å². The van der Waals surface area contributed by atoms with E-state index >= 15 is 0 Å². The standard InChI is InChI=1S/C13H18N2/c1-2-12-4-3-5-13(10-12)11-15-8-6-14-7-9-15/h2-5,10,14H,1,6-9,11H2. The van der Waals surface area contributed by atoms with Gasteiger partial charge in [0.15, 0.2) is 0 Å². The molecule has 0 radical (unpaired) electrons. The summed E-state index contributed by atoms with van der Waals surface area (Å²) in [5, 5.41) is 3.37. The van der Waals surface area contributed by atoms with E-state index in [9.17, 15) is 0 Å². The molecule has 0 aliphatic carbocycles. The molecular weight excluding hydrogens is 184 g/mol. The molecule has 0 bridgehead atoms. The number of benzene rings is 1. The van der Waals surface area contributed by atoms with E-state index in [0.717, 1.165) is 32.7 Å². The van der Waals surface area contributed by atoms with Gasteiger partial charge in [-0.1, -0.05) is 36.9 Å². The Morgan fingerprint density at radius 3 is 2.87 bits per heavy atom. The lowest BCUT2D eigenvalue weighted by Gasteiger charge is -2.27. The highest BCUT2D eigenvalue weighted by atomic mass is 15.2. The van der Waals surface area contributed by atoms with Crippen LogP contribution in [0.2, 0.25) is 0 Å². The first-order chi connectivity index (χ1) is 7.38. The predicted molar refractivity (Wildman–Crippen MR) is 64.7 cm³/mol. The Balaban J connectivity index is 1.99. The summed E-state index contributed by atoms with van der Waals surface area (Å²) in [4.78, 5) is 2.48. The van der Waals surface area contributed by atoms with E-state index in [1.54, 1.807) is 0 Å². The molecule has 0 unspecified atom stereocenters. The summed E-state index contributed by atoms with van der Waals surface area (Å²) < 4.78 is 0. The second-order valence-electron chi connectivity index (χ2n) is 3.98. The van der Waals surface area contributed by atoms with E-state index in [1.165, 1.54) is 11.1 Å². The first kappa shape index (κ1) is 10.4. The lowest BCUT2D eigenvalue weighted by Crippen LogP contribution is -2.42. The quantitative estimate of drug-likeness (QED) is 0.803. The summed E-state index contributed by atoms with van der Waals surface area (Å²) in [6.07, 6.45) is 1.90.